The van der Waals surface area contributed by atoms with Gasteiger partial charge in [-0.2, -0.15) is 0 Å². The minimum Gasteiger partial charge on any atom is -0.122 e. The van der Waals surface area contributed by atoms with Gasteiger partial charge in [0.05, 0.1) is 0 Å². The number of hydrogen-bond donors (Lipinski definition) is 0. The van der Waals surface area contributed by atoms with Gasteiger partial charge in [0.25, 0.3) is 0 Å². The summed E-state index contributed by atoms with van der Waals surface area (Å²) in [5, 5.41) is 0.333. The molecule has 0 aromatic carbocycles. The average molecular weight is 163 g/mol. The molecule has 0 aromatic heterocycles. The van der Waals surface area contributed by atoms with Crippen molar-refractivity contribution in [3.05, 3.63) is 0 Å². The van der Waals surface area contributed by atoms with Crippen LogP contribution in [0.4, 0.5) is 0 Å². The molecule has 0 bridgehead atoms. The van der Waals surface area contributed by atoms with Gasteiger partial charge in [-0.1, -0.05) is 34.6 Å². The van der Waals surface area contributed by atoms with Gasteiger partial charge in [-0.05, 0) is 17.8 Å². The quantitative estimate of drug-likeness (QED) is 0.557. The van der Waals surface area contributed by atoms with E-state index in [-0.39, 0.29) is 0 Å². The fourth-order valence-electron chi connectivity index (χ4n) is 0.975. The van der Waals surface area contributed by atoms with Crippen LogP contribution in [0.25, 0.3) is 0 Å². The Bertz CT molecular complexity index is 74.7. The zero-order chi connectivity index (χ0) is 8.31. The highest BCUT2D eigenvalue weighted by atomic mass is 35.5. The average Bonchev–Trinajstić information content (AvgIpc) is 1.84. The lowest BCUT2D eigenvalue weighted by atomic mass is 9.89. The Labute approximate surface area is 70.0 Å². The van der Waals surface area contributed by atoms with Gasteiger partial charge in [0.1, 0.15) is 0 Å². The van der Waals surface area contributed by atoms with Crippen molar-refractivity contribution in [3.63, 3.8) is 0 Å². The Morgan fingerprint density at radius 2 is 1.20 bits per heavy atom. The molecular weight excluding hydrogens is 144 g/mol. The SMILES string of the molecule is CC(C)C(C)C(Cl)C(C)C. The third-order valence-corrected chi connectivity index (χ3v) is 3.09. The van der Waals surface area contributed by atoms with E-state index in [1.165, 1.54) is 0 Å². The summed E-state index contributed by atoms with van der Waals surface area (Å²) in [7, 11) is 0. The first-order chi connectivity index (χ1) is 4.46. The van der Waals surface area contributed by atoms with Crippen LogP contribution >= 0.6 is 11.6 Å². The van der Waals surface area contributed by atoms with E-state index in [1.54, 1.807) is 0 Å². The van der Waals surface area contributed by atoms with Gasteiger partial charge < -0.3 is 0 Å². The second-order valence-corrected chi connectivity index (χ2v) is 4.30. The highest BCUT2D eigenvalue weighted by molar-refractivity contribution is 6.20. The van der Waals surface area contributed by atoms with Crippen LogP contribution in [0.15, 0.2) is 0 Å². The molecule has 0 N–H and O–H groups in total. The molecule has 0 aliphatic rings. The smallest absolute Gasteiger partial charge is 0.0387 e. The molecule has 2 atom stereocenters. The maximum absolute atomic E-state index is 6.16. The molecule has 0 saturated heterocycles. The molecule has 0 radical (unpaired) electrons. The van der Waals surface area contributed by atoms with Gasteiger partial charge in [0.15, 0.2) is 0 Å². The third kappa shape index (κ3) is 2.92. The lowest BCUT2D eigenvalue weighted by molar-refractivity contribution is 0.352. The summed E-state index contributed by atoms with van der Waals surface area (Å²) in [6, 6.07) is 0. The van der Waals surface area contributed by atoms with E-state index >= 15 is 0 Å². The maximum Gasteiger partial charge on any atom is 0.0387 e. The number of alkyl halides is 1. The summed E-state index contributed by atoms with van der Waals surface area (Å²) in [6.07, 6.45) is 0. The predicted molar refractivity (Wildman–Crippen MR) is 48.5 cm³/mol. The predicted octanol–water partition coefficient (Wildman–Crippen LogP) is 3.54. The molecule has 62 valence electrons. The second kappa shape index (κ2) is 4.23. The fraction of sp³-hybridized carbons (Fsp3) is 1.00. The Kier molecular flexibility index (Phi) is 4.35. The molecule has 0 aliphatic carbocycles. The lowest BCUT2D eigenvalue weighted by Gasteiger charge is -2.24. The van der Waals surface area contributed by atoms with Crippen molar-refractivity contribution in [2.45, 2.75) is 40.0 Å². The minimum atomic E-state index is 0.333. The molecule has 0 aromatic rings. The summed E-state index contributed by atoms with van der Waals surface area (Å²) in [5.41, 5.74) is 0. The lowest BCUT2D eigenvalue weighted by Crippen LogP contribution is -2.22. The van der Waals surface area contributed by atoms with Crippen LogP contribution in [-0.4, -0.2) is 5.38 Å². The van der Waals surface area contributed by atoms with Crippen molar-refractivity contribution < 1.29 is 0 Å². The summed E-state index contributed by atoms with van der Waals surface area (Å²) in [4.78, 5) is 0. The summed E-state index contributed by atoms with van der Waals surface area (Å²) in [5.74, 6) is 1.92. The van der Waals surface area contributed by atoms with E-state index in [2.05, 4.69) is 34.6 Å². The normalized spacial score (nSPS) is 18.0. The van der Waals surface area contributed by atoms with Crippen molar-refractivity contribution in [1.29, 1.82) is 0 Å². The van der Waals surface area contributed by atoms with Gasteiger partial charge in [-0.25, -0.2) is 0 Å². The van der Waals surface area contributed by atoms with Crippen LogP contribution in [-0.2, 0) is 0 Å². The summed E-state index contributed by atoms with van der Waals surface area (Å²) in [6.45, 7) is 11.0. The van der Waals surface area contributed by atoms with Crippen LogP contribution in [0.2, 0.25) is 0 Å². The van der Waals surface area contributed by atoms with Crippen molar-refractivity contribution >= 4 is 11.6 Å². The first-order valence-electron chi connectivity index (χ1n) is 4.10. The largest absolute Gasteiger partial charge is 0.122 e. The molecule has 1 heteroatoms. The van der Waals surface area contributed by atoms with Gasteiger partial charge in [-0.3, -0.25) is 0 Å². The van der Waals surface area contributed by atoms with Crippen LogP contribution in [0.1, 0.15) is 34.6 Å². The monoisotopic (exact) mass is 162 g/mol. The zero-order valence-corrected chi connectivity index (χ0v) is 8.44. The molecule has 0 saturated carbocycles. The Balaban J connectivity index is 3.81. The van der Waals surface area contributed by atoms with E-state index in [1.807, 2.05) is 0 Å². The molecular formula is C9H19Cl. The Morgan fingerprint density at radius 3 is 1.30 bits per heavy atom. The van der Waals surface area contributed by atoms with E-state index < -0.39 is 0 Å². The van der Waals surface area contributed by atoms with Gasteiger partial charge in [-0.15, -0.1) is 11.6 Å². The van der Waals surface area contributed by atoms with Crippen molar-refractivity contribution in [2.75, 3.05) is 0 Å². The highest BCUT2D eigenvalue weighted by Gasteiger charge is 2.20. The summed E-state index contributed by atoms with van der Waals surface area (Å²) >= 11 is 6.16. The highest BCUT2D eigenvalue weighted by Crippen LogP contribution is 2.24. The van der Waals surface area contributed by atoms with Crippen LogP contribution in [0.5, 0.6) is 0 Å². The van der Waals surface area contributed by atoms with Crippen molar-refractivity contribution in [3.8, 4) is 0 Å². The number of halogens is 1. The molecule has 0 aliphatic heterocycles. The van der Waals surface area contributed by atoms with Crippen molar-refractivity contribution in [1.82, 2.24) is 0 Å². The Morgan fingerprint density at radius 1 is 0.800 bits per heavy atom. The first-order valence-corrected chi connectivity index (χ1v) is 4.54. The molecule has 2 unspecified atom stereocenters. The first kappa shape index (κ1) is 10.3. The van der Waals surface area contributed by atoms with Gasteiger partial charge in [0.2, 0.25) is 0 Å². The molecule has 0 amide bonds. The minimum absolute atomic E-state index is 0.333. The molecule has 10 heavy (non-hydrogen) atoms. The number of rotatable bonds is 3. The van der Waals surface area contributed by atoms with Crippen molar-refractivity contribution in [2.24, 2.45) is 17.8 Å². The third-order valence-electron chi connectivity index (χ3n) is 2.19. The van der Waals surface area contributed by atoms with Gasteiger partial charge >= 0.3 is 0 Å². The standard InChI is InChI=1S/C9H19Cl/c1-6(2)8(5)9(10)7(3)4/h6-9H,1-5H3. The van der Waals surface area contributed by atoms with E-state index in [0.29, 0.717) is 23.1 Å². The topological polar surface area (TPSA) is 0 Å². The van der Waals surface area contributed by atoms with Crippen LogP contribution < -0.4 is 0 Å². The number of hydrogen-bond acceptors (Lipinski definition) is 0. The van der Waals surface area contributed by atoms with Gasteiger partial charge in [0, 0.05) is 5.38 Å². The molecule has 0 spiro atoms. The fourth-order valence-corrected chi connectivity index (χ4v) is 1.27. The van der Waals surface area contributed by atoms with E-state index in [9.17, 15) is 0 Å². The molecule has 0 nitrogen and oxygen atoms in total. The van der Waals surface area contributed by atoms with Crippen LogP contribution in [0, 0.1) is 17.8 Å². The van der Waals surface area contributed by atoms with Crippen LogP contribution in [0.3, 0.4) is 0 Å². The molecule has 0 heterocycles. The van der Waals surface area contributed by atoms with E-state index in [0.717, 1.165) is 0 Å². The zero-order valence-electron chi connectivity index (χ0n) is 7.69. The van der Waals surface area contributed by atoms with E-state index in [4.69, 9.17) is 11.6 Å². The molecule has 0 fully saturated rings. The Hall–Kier alpha value is 0.290. The maximum atomic E-state index is 6.16. The second-order valence-electron chi connectivity index (χ2n) is 3.79. The molecule has 0 rings (SSSR count). The summed E-state index contributed by atoms with van der Waals surface area (Å²) < 4.78 is 0.